The molecule has 0 saturated heterocycles. The fraction of sp³-hybridized carbons (Fsp3) is 0.214. The van der Waals surface area contributed by atoms with E-state index in [9.17, 15) is 14.4 Å². The Hall–Kier alpha value is -2.61. The van der Waals surface area contributed by atoms with Crippen LogP contribution in [0.5, 0.6) is 0 Å². The number of aryl methyl sites for hydroxylation is 1. The number of anilines is 1. The molecule has 2 heterocycles. The van der Waals surface area contributed by atoms with Gasteiger partial charge in [0.2, 0.25) is 11.0 Å². The van der Waals surface area contributed by atoms with E-state index in [2.05, 4.69) is 15.5 Å². The standard InChI is InChI=1S/C14H12N4O3S/c1-8-16-17-14(22-8)15-11(19)6-7-18-12(20)9-4-2-3-5-10(9)13(18)21/h2-5H,6-7H2,1H3,(H,15,17,19). The largest absolute Gasteiger partial charge is 0.300 e. The predicted octanol–water partition coefficient (Wildman–Crippen LogP) is 1.47. The van der Waals surface area contributed by atoms with Gasteiger partial charge in [0, 0.05) is 13.0 Å². The second kappa shape index (κ2) is 5.64. The molecule has 0 bridgehead atoms. The Kier molecular flexibility index (Phi) is 3.68. The zero-order valence-electron chi connectivity index (χ0n) is 11.7. The van der Waals surface area contributed by atoms with Gasteiger partial charge in [0.25, 0.3) is 11.8 Å². The molecule has 3 rings (SSSR count). The van der Waals surface area contributed by atoms with Crippen LogP contribution in [0.3, 0.4) is 0 Å². The number of imide groups is 1. The van der Waals surface area contributed by atoms with Crippen molar-refractivity contribution in [2.75, 3.05) is 11.9 Å². The average molecular weight is 316 g/mol. The molecule has 0 aliphatic carbocycles. The number of benzene rings is 1. The van der Waals surface area contributed by atoms with Crippen molar-refractivity contribution in [2.45, 2.75) is 13.3 Å². The number of nitrogens with zero attached hydrogens (tertiary/aromatic N) is 3. The maximum Gasteiger partial charge on any atom is 0.261 e. The van der Waals surface area contributed by atoms with Crippen molar-refractivity contribution in [1.82, 2.24) is 15.1 Å². The molecule has 0 spiro atoms. The van der Waals surface area contributed by atoms with Gasteiger partial charge in [-0.2, -0.15) is 0 Å². The SMILES string of the molecule is Cc1nnc(NC(=O)CCN2C(=O)c3ccccc3C2=O)s1. The topological polar surface area (TPSA) is 92.3 Å². The lowest BCUT2D eigenvalue weighted by atomic mass is 10.1. The smallest absolute Gasteiger partial charge is 0.261 e. The van der Waals surface area contributed by atoms with E-state index in [0.717, 1.165) is 9.91 Å². The average Bonchev–Trinajstić information content (AvgIpc) is 3.01. The van der Waals surface area contributed by atoms with Crippen LogP contribution in [0, 0.1) is 6.92 Å². The number of nitrogens with one attached hydrogen (secondary N) is 1. The first-order chi connectivity index (χ1) is 10.6. The number of rotatable bonds is 4. The molecule has 7 nitrogen and oxygen atoms in total. The van der Waals surface area contributed by atoms with Crippen LogP contribution in [-0.2, 0) is 4.79 Å². The minimum absolute atomic E-state index is 0.0180. The summed E-state index contributed by atoms with van der Waals surface area (Å²) in [7, 11) is 0. The summed E-state index contributed by atoms with van der Waals surface area (Å²) in [6, 6.07) is 6.63. The molecule has 0 radical (unpaired) electrons. The van der Waals surface area contributed by atoms with Crippen molar-refractivity contribution in [2.24, 2.45) is 0 Å². The normalized spacial score (nSPS) is 13.4. The number of fused-ring (bicyclic) bond motifs is 1. The number of hydrogen-bond donors (Lipinski definition) is 1. The summed E-state index contributed by atoms with van der Waals surface area (Å²) >= 11 is 1.26. The molecule has 1 aromatic carbocycles. The van der Waals surface area contributed by atoms with Gasteiger partial charge in [-0.15, -0.1) is 10.2 Å². The molecule has 0 fully saturated rings. The highest BCUT2D eigenvalue weighted by atomic mass is 32.1. The third kappa shape index (κ3) is 2.60. The molecule has 0 atom stereocenters. The molecule has 1 aliphatic rings. The van der Waals surface area contributed by atoms with E-state index in [-0.39, 0.29) is 30.7 Å². The van der Waals surface area contributed by atoms with Gasteiger partial charge in [0.05, 0.1) is 11.1 Å². The molecule has 0 unspecified atom stereocenters. The summed E-state index contributed by atoms with van der Waals surface area (Å²) in [6.45, 7) is 1.82. The third-order valence-corrected chi connectivity index (χ3v) is 3.97. The summed E-state index contributed by atoms with van der Waals surface area (Å²) in [5.41, 5.74) is 0.764. The van der Waals surface area contributed by atoms with Crippen LogP contribution >= 0.6 is 11.3 Å². The van der Waals surface area contributed by atoms with E-state index in [0.29, 0.717) is 16.3 Å². The third-order valence-electron chi connectivity index (χ3n) is 3.21. The van der Waals surface area contributed by atoms with Gasteiger partial charge in [-0.25, -0.2) is 0 Å². The molecule has 112 valence electrons. The van der Waals surface area contributed by atoms with Crippen LogP contribution in [0.4, 0.5) is 5.13 Å². The minimum Gasteiger partial charge on any atom is -0.300 e. The molecule has 1 N–H and O–H groups in total. The van der Waals surface area contributed by atoms with Gasteiger partial charge < -0.3 is 5.32 Å². The predicted molar refractivity (Wildman–Crippen MR) is 79.7 cm³/mol. The van der Waals surface area contributed by atoms with Crippen molar-refractivity contribution < 1.29 is 14.4 Å². The lowest BCUT2D eigenvalue weighted by Gasteiger charge is -2.12. The maximum absolute atomic E-state index is 12.1. The van der Waals surface area contributed by atoms with Gasteiger partial charge in [0.15, 0.2) is 0 Å². The first kappa shape index (κ1) is 14.3. The lowest BCUT2D eigenvalue weighted by Crippen LogP contribution is -2.32. The van der Waals surface area contributed by atoms with Crippen molar-refractivity contribution in [3.8, 4) is 0 Å². The van der Waals surface area contributed by atoms with E-state index in [1.54, 1.807) is 31.2 Å². The quantitative estimate of drug-likeness (QED) is 0.862. The van der Waals surface area contributed by atoms with E-state index in [4.69, 9.17) is 0 Å². The van der Waals surface area contributed by atoms with Crippen LogP contribution in [0.2, 0.25) is 0 Å². The lowest BCUT2D eigenvalue weighted by molar-refractivity contribution is -0.116. The molecule has 8 heteroatoms. The molecule has 0 saturated carbocycles. The van der Waals surface area contributed by atoms with Crippen LogP contribution in [-0.4, -0.2) is 39.4 Å². The first-order valence-corrected chi connectivity index (χ1v) is 7.43. The van der Waals surface area contributed by atoms with E-state index in [1.807, 2.05) is 0 Å². The zero-order valence-corrected chi connectivity index (χ0v) is 12.5. The molecular formula is C14H12N4O3S. The second-order valence-electron chi connectivity index (χ2n) is 4.73. The zero-order chi connectivity index (χ0) is 15.7. The Morgan fingerprint density at radius 3 is 2.36 bits per heavy atom. The minimum atomic E-state index is -0.361. The molecule has 22 heavy (non-hydrogen) atoms. The highest BCUT2D eigenvalue weighted by Gasteiger charge is 2.34. The van der Waals surface area contributed by atoms with Gasteiger partial charge in [0.1, 0.15) is 5.01 Å². The summed E-state index contributed by atoms with van der Waals surface area (Å²) in [4.78, 5) is 37.2. The van der Waals surface area contributed by atoms with Crippen LogP contribution in [0.25, 0.3) is 0 Å². The Balaban J connectivity index is 1.62. The number of amides is 3. The Morgan fingerprint density at radius 2 is 1.82 bits per heavy atom. The summed E-state index contributed by atoms with van der Waals surface area (Å²) in [6.07, 6.45) is 0.0180. The Labute approximate surface area is 130 Å². The van der Waals surface area contributed by atoms with Gasteiger partial charge >= 0.3 is 0 Å². The number of aromatic nitrogens is 2. The monoisotopic (exact) mass is 316 g/mol. The van der Waals surface area contributed by atoms with Crippen molar-refractivity contribution >= 4 is 34.2 Å². The van der Waals surface area contributed by atoms with Gasteiger partial charge in [-0.05, 0) is 19.1 Å². The van der Waals surface area contributed by atoms with E-state index >= 15 is 0 Å². The second-order valence-corrected chi connectivity index (χ2v) is 5.91. The molecule has 2 aromatic rings. The van der Waals surface area contributed by atoms with Gasteiger partial charge in [-0.3, -0.25) is 19.3 Å². The number of carbonyl (C=O) groups is 3. The van der Waals surface area contributed by atoms with Crippen molar-refractivity contribution in [3.63, 3.8) is 0 Å². The fourth-order valence-electron chi connectivity index (χ4n) is 2.18. The molecule has 1 aromatic heterocycles. The number of carbonyl (C=O) groups excluding carboxylic acids is 3. The van der Waals surface area contributed by atoms with E-state index in [1.165, 1.54) is 11.3 Å². The Morgan fingerprint density at radius 1 is 1.18 bits per heavy atom. The molecule has 3 amide bonds. The summed E-state index contributed by atoms with van der Waals surface area (Å²) in [5.74, 6) is -1.03. The summed E-state index contributed by atoms with van der Waals surface area (Å²) in [5, 5.41) is 11.3. The molecular weight excluding hydrogens is 304 g/mol. The van der Waals surface area contributed by atoms with E-state index < -0.39 is 0 Å². The maximum atomic E-state index is 12.1. The van der Waals surface area contributed by atoms with Gasteiger partial charge in [-0.1, -0.05) is 23.5 Å². The van der Waals surface area contributed by atoms with Crippen LogP contribution in [0.1, 0.15) is 32.1 Å². The molecule has 1 aliphatic heterocycles. The summed E-state index contributed by atoms with van der Waals surface area (Å²) < 4.78 is 0. The number of hydrogen-bond acceptors (Lipinski definition) is 6. The van der Waals surface area contributed by atoms with Crippen molar-refractivity contribution in [3.05, 3.63) is 40.4 Å². The highest BCUT2D eigenvalue weighted by Crippen LogP contribution is 2.22. The van der Waals surface area contributed by atoms with Crippen LogP contribution < -0.4 is 5.32 Å². The Bertz CT molecular complexity index is 736. The highest BCUT2D eigenvalue weighted by molar-refractivity contribution is 7.15. The first-order valence-electron chi connectivity index (χ1n) is 6.61. The fourth-order valence-corrected chi connectivity index (χ4v) is 2.79. The van der Waals surface area contributed by atoms with Crippen LogP contribution in [0.15, 0.2) is 24.3 Å². The van der Waals surface area contributed by atoms with Crippen molar-refractivity contribution in [1.29, 1.82) is 0 Å².